The molecule has 0 amide bonds. The first kappa shape index (κ1) is 22.1. The lowest BCUT2D eigenvalue weighted by molar-refractivity contribution is 0.100. The first-order chi connectivity index (χ1) is 14.1. The standard InChI is InChI=1S/C26H27O3P/c1-14-10-16(3)22(17(4)11-14)25(27)20-8-7-9-21(30-29)24(20)26(28)23-18(5)12-15(2)13-19(23)6/h7-13,29-30H,1-6H3. The van der Waals surface area contributed by atoms with Crippen LogP contribution in [0.4, 0.5) is 0 Å². The van der Waals surface area contributed by atoms with Gasteiger partial charge in [0.1, 0.15) is 0 Å². The molecule has 0 aliphatic carbocycles. The molecule has 3 aromatic rings. The van der Waals surface area contributed by atoms with Crippen molar-refractivity contribution in [1.29, 1.82) is 0 Å². The fraction of sp³-hybridized carbons (Fsp3) is 0.231. The highest BCUT2D eigenvalue weighted by atomic mass is 31.1. The van der Waals surface area contributed by atoms with Gasteiger partial charge >= 0.3 is 0 Å². The van der Waals surface area contributed by atoms with Crippen molar-refractivity contribution in [2.24, 2.45) is 0 Å². The highest BCUT2D eigenvalue weighted by molar-refractivity contribution is 7.41. The monoisotopic (exact) mass is 418 g/mol. The van der Waals surface area contributed by atoms with Crippen molar-refractivity contribution < 1.29 is 14.5 Å². The lowest BCUT2D eigenvalue weighted by Gasteiger charge is -2.17. The van der Waals surface area contributed by atoms with Crippen molar-refractivity contribution in [2.45, 2.75) is 41.5 Å². The molecule has 0 bridgehead atoms. The molecule has 0 fully saturated rings. The van der Waals surface area contributed by atoms with E-state index < -0.39 is 8.81 Å². The Morgan fingerprint density at radius 3 is 1.53 bits per heavy atom. The Bertz CT molecular complexity index is 1130. The van der Waals surface area contributed by atoms with Gasteiger partial charge in [0.25, 0.3) is 0 Å². The third-order valence-electron chi connectivity index (χ3n) is 5.46. The first-order valence-corrected chi connectivity index (χ1v) is 10.9. The molecule has 1 atom stereocenters. The van der Waals surface area contributed by atoms with Crippen molar-refractivity contribution in [1.82, 2.24) is 0 Å². The summed E-state index contributed by atoms with van der Waals surface area (Å²) in [6.07, 6.45) is 0. The molecule has 0 aliphatic heterocycles. The quantitative estimate of drug-likeness (QED) is 0.457. The van der Waals surface area contributed by atoms with Gasteiger partial charge in [-0.2, -0.15) is 0 Å². The molecule has 0 aromatic heterocycles. The number of benzene rings is 3. The first-order valence-electron chi connectivity index (χ1n) is 9.94. The summed E-state index contributed by atoms with van der Waals surface area (Å²) in [6, 6.07) is 13.0. The molecule has 4 heteroatoms. The lowest BCUT2D eigenvalue weighted by atomic mass is 9.87. The van der Waals surface area contributed by atoms with Crippen LogP contribution in [0.5, 0.6) is 0 Å². The van der Waals surface area contributed by atoms with Crippen molar-refractivity contribution >= 4 is 25.7 Å². The van der Waals surface area contributed by atoms with Crippen LogP contribution in [-0.2, 0) is 0 Å². The summed E-state index contributed by atoms with van der Waals surface area (Å²) in [5, 5.41) is 0.493. The summed E-state index contributed by atoms with van der Waals surface area (Å²) in [5.41, 5.74) is 7.54. The summed E-state index contributed by atoms with van der Waals surface area (Å²) in [5.74, 6) is -0.399. The minimum Gasteiger partial charge on any atom is -0.372 e. The number of hydrogen-bond acceptors (Lipinski definition) is 3. The molecule has 3 rings (SSSR count). The van der Waals surface area contributed by atoms with E-state index in [1.165, 1.54) is 0 Å². The van der Waals surface area contributed by atoms with Crippen LogP contribution in [-0.4, -0.2) is 16.5 Å². The molecule has 3 aromatic carbocycles. The van der Waals surface area contributed by atoms with Crippen LogP contribution >= 0.6 is 8.81 Å². The Balaban J connectivity index is 2.26. The van der Waals surface area contributed by atoms with Crippen molar-refractivity contribution in [3.8, 4) is 0 Å². The highest BCUT2D eigenvalue weighted by Gasteiger charge is 2.26. The molecular formula is C26H27O3P. The molecule has 0 aliphatic rings. The topological polar surface area (TPSA) is 54.4 Å². The highest BCUT2D eigenvalue weighted by Crippen LogP contribution is 2.27. The molecule has 0 spiro atoms. The minimum atomic E-state index is -0.576. The van der Waals surface area contributed by atoms with Gasteiger partial charge in [0.2, 0.25) is 0 Å². The Labute approximate surface area is 180 Å². The fourth-order valence-electron chi connectivity index (χ4n) is 4.42. The van der Waals surface area contributed by atoms with Crippen LogP contribution < -0.4 is 5.30 Å². The third kappa shape index (κ3) is 4.01. The summed E-state index contributed by atoms with van der Waals surface area (Å²) in [7, 11) is -0.576. The normalized spacial score (nSPS) is 11.3. The second-order valence-electron chi connectivity index (χ2n) is 8.05. The van der Waals surface area contributed by atoms with Crippen LogP contribution in [0.15, 0.2) is 42.5 Å². The summed E-state index contributed by atoms with van der Waals surface area (Å²) in [6.45, 7) is 11.6. The smallest absolute Gasteiger partial charge is 0.195 e. The molecular weight excluding hydrogens is 391 g/mol. The van der Waals surface area contributed by atoms with Gasteiger partial charge in [-0.3, -0.25) is 9.59 Å². The Kier molecular flexibility index (Phi) is 6.36. The number of ketones is 2. The van der Waals surface area contributed by atoms with E-state index in [-0.39, 0.29) is 11.6 Å². The number of carbonyl (C=O) groups excluding carboxylic acids is 2. The molecule has 0 saturated heterocycles. The van der Waals surface area contributed by atoms with E-state index >= 15 is 0 Å². The van der Waals surface area contributed by atoms with Gasteiger partial charge in [-0.25, -0.2) is 0 Å². The van der Waals surface area contributed by atoms with Gasteiger partial charge in [0.05, 0.1) is 0 Å². The van der Waals surface area contributed by atoms with Crippen LogP contribution in [0.1, 0.15) is 65.2 Å². The summed E-state index contributed by atoms with van der Waals surface area (Å²) < 4.78 is 0. The predicted octanol–water partition coefficient (Wildman–Crippen LogP) is 5.21. The molecule has 1 N–H and O–H groups in total. The second kappa shape index (κ2) is 8.63. The number of aryl methyl sites for hydroxylation is 6. The SMILES string of the molecule is Cc1cc(C)c(C(=O)c2cccc(PO)c2C(=O)c2c(C)cc(C)cc2C)c(C)c1. The Hall–Kier alpha value is -2.61. The lowest BCUT2D eigenvalue weighted by Crippen LogP contribution is -2.21. The maximum absolute atomic E-state index is 13.7. The van der Waals surface area contributed by atoms with E-state index in [1.807, 2.05) is 65.8 Å². The molecule has 3 nitrogen and oxygen atoms in total. The van der Waals surface area contributed by atoms with Crippen molar-refractivity contribution in [3.05, 3.63) is 98.1 Å². The van der Waals surface area contributed by atoms with Gasteiger partial charge < -0.3 is 4.89 Å². The van der Waals surface area contributed by atoms with Crippen LogP contribution in [0.25, 0.3) is 0 Å². The molecule has 154 valence electrons. The predicted molar refractivity (Wildman–Crippen MR) is 125 cm³/mol. The van der Waals surface area contributed by atoms with Crippen molar-refractivity contribution in [3.63, 3.8) is 0 Å². The Morgan fingerprint density at radius 2 is 1.10 bits per heavy atom. The van der Waals surface area contributed by atoms with E-state index in [2.05, 4.69) is 0 Å². The zero-order valence-electron chi connectivity index (χ0n) is 18.3. The molecule has 30 heavy (non-hydrogen) atoms. The van der Waals surface area contributed by atoms with Gasteiger partial charge in [-0.15, -0.1) is 0 Å². The molecule has 0 radical (unpaired) electrons. The van der Waals surface area contributed by atoms with Gasteiger partial charge in [-0.1, -0.05) is 53.6 Å². The Morgan fingerprint density at radius 1 is 0.667 bits per heavy atom. The van der Waals surface area contributed by atoms with E-state index in [0.717, 1.165) is 33.4 Å². The van der Waals surface area contributed by atoms with E-state index in [9.17, 15) is 14.5 Å². The average molecular weight is 418 g/mol. The van der Waals surface area contributed by atoms with Crippen LogP contribution in [0.3, 0.4) is 0 Å². The van der Waals surface area contributed by atoms with Crippen LogP contribution in [0.2, 0.25) is 0 Å². The minimum absolute atomic E-state index is 0.184. The maximum Gasteiger partial charge on any atom is 0.195 e. The molecule has 0 heterocycles. The van der Waals surface area contributed by atoms with Crippen LogP contribution in [0, 0.1) is 41.5 Å². The fourth-order valence-corrected chi connectivity index (χ4v) is 4.95. The molecule has 1 unspecified atom stereocenters. The molecule has 0 saturated carbocycles. The largest absolute Gasteiger partial charge is 0.372 e. The maximum atomic E-state index is 13.7. The number of rotatable bonds is 5. The average Bonchev–Trinajstić information content (AvgIpc) is 2.65. The van der Waals surface area contributed by atoms with Crippen molar-refractivity contribution in [2.75, 3.05) is 0 Å². The number of carbonyl (C=O) groups is 2. The zero-order chi connectivity index (χ0) is 22.2. The third-order valence-corrected chi connectivity index (χ3v) is 6.12. The van der Waals surface area contributed by atoms with E-state index in [1.54, 1.807) is 18.2 Å². The summed E-state index contributed by atoms with van der Waals surface area (Å²) >= 11 is 0. The number of hydrogen-bond donors (Lipinski definition) is 1. The van der Waals surface area contributed by atoms with Gasteiger partial charge in [-0.05, 0) is 63.8 Å². The van der Waals surface area contributed by atoms with Gasteiger partial charge in [0.15, 0.2) is 11.6 Å². The van der Waals surface area contributed by atoms with E-state index in [0.29, 0.717) is 27.6 Å². The summed E-state index contributed by atoms with van der Waals surface area (Å²) in [4.78, 5) is 37.3. The second-order valence-corrected chi connectivity index (χ2v) is 8.81. The zero-order valence-corrected chi connectivity index (χ0v) is 19.3. The van der Waals surface area contributed by atoms with Gasteiger partial charge in [0, 0.05) is 36.4 Å². The van der Waals surface area contributed by atoms with E-state index in [4.69, 9.17) is 0 Å².